The molecule has 0 saturated carbocycles. The number of tetrazole rings is 1. The van der Waals surface area contributed by atoms with Crippen molar-refractivity contribution in [3.8, 4) is 17.1 Å². The molecule has 0 saturated heterocycles. The highest BCUT2D eigenvalue weighted by Crippen LogP contribution is 2.20. The second-order valence-electron chi connectivity index (χ2n) is 5.36. The Morgan fingerprint density at radius 2 is 1.89 bits per heavy atom. The first-order valence-electron chi connectivity index (χ1n) is 8.04. The fraction of sp³-hybridized carbons (Fsp3) is 0.176. The van der Waals surface area contributed by atoms with E-state index in [1.165, 1.54) is 23.0 Å². The zero-order valence-electron chi connectivity index (χ0n) is 14.3. The maximum absolute atomic E-state index is 12.2. The molecule has 10 heteroatoms. The lowest BCUT2D eigenvalue weighted by Gasteiger charge is -2.10. The highest BCUT2D eigenvalue weighted by atomic mass is 19.3. The molecule has 0 aliphatic rings. The third-order valence-electron chi connectivity index (χ3n) is 3.45. The molecule has 0 aliphatic heterocycles. The van der Waals surface area contributed by atoms with Crippen LogP contribution in [0.3, 0.4) is 0 Å². The van der Waals surface area contributed by atoms with Gasteiger partial charge in [-0.15, -0.1) is 10.2 Å². The molecule has 0 spiro atoms. The minimum Gasteiger partial charge on any atom is -0.435 e. The minimum absolute atomic E-state index is 0.0419. The van der Waals surface area contributed by atoms with E-state index in [2.05, 4.69) is 30.8 Å². The van der Waals surface area contributed by atoms with Gasteiger partial charge in [-0.05, 0) is 48.5 Å². The molecule has 2 amide bonds. The van der Waals surface area contributed by atoms with E-state index in [1.807, 2.05) is 6.92 Å². The van der Waals surface area contributed by atoms with Crippen LogP contribution >= 0.6 is 0 Å². The lowest BCUT2D eigenvalue weighted by Crippen LogP contribution is -2.19. The molecule has 0 atom stereocenters. The standard InChI is InChI=1S/C17H16F2N6O2/c1-2-25-23-15(22-24-25)11-6-8-12(9-7-11)20-17(26)21-13-4-3-5-14(10-13)27-16(18)19/h3-10,16H,2H2,1H3,(H2,20,21,26). The Morgan fingerprint density at radius 3 is 2.56 bits per heavy atom. The molecule has 1 aromatic heterocycles. The maximum Gasteiger partial charge on any atom is 0.387 e. The van der Waals surface area contributed by atoms with E-state index >= 15 is 0 Å². The smallest absolute Gasteiger partial charge is 0.387 e. The Bertz CT molecular complexity index is 914. The molecule has 0 bridgehead atoms. The van der Waals surface area contributed by atoms with Crippen LogP contribution in [0.4, 0.5) is 25.0 Å². The van der Waals surface area contributed by atoms with Crippen LogP contribution in [-0.4, -0.2) is 32.8 Å². The third-order valence-corrected chi connectivity index (χ3v) is 3.45. The van der Waals surface area contributed by atoms with Crippen LogP contribution in [0.25, 0.3) is 11.4 Å². The zero-order valence-corrected chi connectivity index (χ0v) is 14.3. The number of hydrogen-bond acceptors (Lipinski definition) is 5. The summed E-state index contributed by atoms with van der Waals surface area (Å²) in [6.07, 6.45) is 0. The highest BCUT2D eigenvalue weighted by Gasteiger charge is 2.08. The lowest BCUT2D eigenvalue weighted by atomic mass is 10.2. The van der Waals surface area contributed by atoms with Gasteiger partial charge in [0.25, 0.3) is 0 Å². The molecule has 8 nitrogen and oxygen atoms in total. The summed E-state index contributed by atoms with van der Waals surface area (Å²) in [6, 6.07) is 12.1. The number of hydrogen-bond donors (Lipinski definition) is 2. The van der Waals surface area contributed by atoms with Crippen molar-refractivity contribution in [1.29, 1.82) is 0 Å². The van der Waals surface area contributed by atoms with Gasteiger partial charge in [-0.3, -0.25) is 0 Å². The summed E-state index contributed by atoms with van der Waals surface area (Å²) in [5.74, 6) is 0.448. The Kier molecular flexibility index (Phi) is 5.55. The van der Waals surface area contributed by atoms with E-state index in [-0.39, 0.29) is 5.75 Å². The predicted octanol–water partition coefficient (Wildman–Crippen LogP) is 3.61. The van der Waals surface area contributed by atoms with Gasteiger partial charge in [0.1, 0.15) is 5.75 Å². The summed E-state index contributed by atoms with van der Waals surface area (Å²) in [4.78, 5) is 13.5. The van der Waals surface area contributed by atoms with E-state index in [1.54, 1.807) is 30.3 Å². The van der Waals surface area contributed by atoms with Crippen molar-refractivity contribution in [3.05, 3.63) is 48.5 Å². The number of aryl methyl sites for hydroxylation is 1. The van der Waals surface area contributed by atoms with Crippen LogP contribution in [0, 0.1) is 0 Å². The van der Waals surface area contributed by atoms with Gasteiger partial charge in [0.2, 0.25) is 5.82 Å². The van der Waals surface area contributed by atoms with Gasteiger partial charge in [0.05, 0.1) is 6.54 Å². The first-order valence-corrected chi connectivity index (χ1v) is 8.04. The minimum atomic E-state index is -2.93. The first kappa shape index (κ1) is 18.2. The quantitative estimate of drug-likeness (QED) is 0.687. The van der Waals surface area contributed by atoms with Crippen molar-refractivity contribution in [2.45, 2.75) is 20.1 Å². The predicted molar refractivity (Wildman–Crippen MR) is 94.6 cm³/mol. The largest absolute Gasteiger partial charge is 0.435 e. The van der Waals surface area contributed by atoms with Crippen LogP contribution in [-0.2, 0) is 6.54 Å². The van der Waals surface area contributed by atoms with Crippen molar-refractivity contribution >= 4 is 17.4 Å². The number of ether oxygens (including phenoxy) is 1. The molecule has 2 N–H and O–H groups in total. The molecule has 27 heavy (non-hydrogen) atoms. The molecule has 140 valence electrons. The fourth-order valence-electron chi connectivity index (χ4n) is 2.24. The molecule has 0 fully saturated rings. The van der Waals surface area contributed by atoms with Gasteiger partial charge in [-0.25, -0.2) is 4.79 Å². The number of carbonyl (C=O) groups excluding carboxylic acids is 1. The number of nitrogens with one attached hydrogen (secondary N) is 2. The zero-order chi connectivity index (χ0) is 19.2. The molecule has 2 aromatic carbocycles. The number of anilines is 2. The Morgan fingerprint density at radius 1 is 1.15 bits per heavy atom. The van der Waals surface area contributed by atoms with Crippen LogP contribution in [0.5, 0.6) is 5.75 Å². The summed E-state index contributed by atoms with van der Waals surface area (Å²) in [5, 5.41) is 17.2. The van der Waals surface area contributed by atoms with E-state index in [9.17, 15) is 13.6 Å². The maximum atomic E-state index is 12.2. The van der Waals surface area contributed by atoms with E-state index in [0.29, 0.717) is 23.7 Å². The van der Waals surface area contributed by atoms with Gasteiger partial charge in [-0.1, -0.05) is 6.07 Å². The Hall–Kier alpha value is -3.56. The number of carbonyl (C=O) groups is 1. The number of rotatable bonds is 6. The number of benzene rings is 2. The number of aromatic nitrogens is 4. The molecule has 3 rings (SSSR count). The molecule has 0 radical (unpaired) electrons. The molecular formula is C17H16F2N6O2. The number of urea groups is 1. The van der Waals surface area contributed by atoms with E-state index in [4.69, 9.17) is 0 Å². The average molecular weight is 374 g/mol. The van der Waals surface area contributed by atoms with Crippen molar-refractivity contribution in [3.63, 3.8) is 0 Å². The van der Waals surface area contributed by atoms with Crippen LogP contribution in [0.2, 0.25) is 0 Å². The number of amides is 2. The monoisotopic (exact) mass is 374 g/mol. The van der Waals surface area contributed by atoms with Crippen LogP contribution in [0.15, 0.2) is 48.5 Å². The summed E-state index contributed by atoms with van der Waals surface area (Å²) in [7, 11) is 0. The number of halogens is 2. The summed E-state index contributed by atoms with van der Waals surface area (Å²) in [5.41, 5.74) is 1.62. The van der Waals surface area contributed by atoms with Gasteiger partial charge in [0.15, 0.2) is 0 Å². The average Bonchev–Trinajstić information content (AvgIpc) is 3.11. The van der Waals surface area contributed by atoms with Crippen molar-refractivity contribution in [2.24, 2.45) is 0 Å². The fourth-order valence-corrected chi connectivity index (χ4v) is 2.24. The number of nitrogens with zero attached hydrogens (tertiary/aromatic N) is 4. The van der Waals surface area contributed by atoms with Gasteiger partial charge < -0.3 is 15.4 Å². The van der Waals surface area contributed by atoms with E-state index < -0.39 is 12.6 Å². The lowest BCUT2D eigenvalue weighted by molar-refractivity contribution is -0.0497. The normalized spacial score (nSPS) is 10.7. The summed E-state index contributed by atoms with van der Waals surface area (Å²) >= 11 is 0. The van der Waals surface area contributed by atoms with Crippen LogP contribution in [0.1, 0.15) is 6.92 Å². The third kappa shape index (κ3) is 4.97. The van der Waals surface area contributed by atoms with Gasteiger partial charge in [0, 0.05) is 23.0 Å². The van der Waals surface area contributed by atoms with E-state index in [0.717, 1.165) is 5.56 Å². The van der Waals surface area contributed by atoms with Crippen molar-refractivity contribution < 1.29 is 18.3 Å². The molecule has 3 aromatic rings. The van der Waals surface area contributed by atoms with Crippen LogP contribution < -0.4 is 15.4 Å². The molecule has 1 heterocycles. The topological polar surface area (TPSA) is 94.0 Å². The first-order chi connectivity index (χ1) is 13.0. The number of alkyl halides is 2. The second-order valence-corrected chi connectivity index (χ2v) is 5.36. The Labute approximate surface area is 153 Å². The second kappa shape index (κ2) is 8.21. The SMILES string of the molecule is CCn1nnc(-c2ccc(NC(=O)Nc3cccc(OC(F)F)c3)cc2)n1. The van der Waals surface area contributed by atoms with Gasteiger partial charge in [-0.2, -0.15) is 13.6 Å². The molecule has 0 aliphatic carbocycles. The molecular weight excluding hydrogens is 358 g/mol. The summed E-state index contributed by atoms with van der Waals surface area (Å²) in [6.45, 7) is -0.399. The van der Waals surface area contributed by atoms with Gasteiger partial charge >= 0.3 is 12.6 Å². The van der Waals surface area contributed by atoms with Crippen molar-refractivity contribution in [1.82, 2.24) is 20.2 Å². The molecule has 0 unspecified atom stereocenters. The Balaban J connectivity index is 1.61. The highest BCUT2D eigenvalue weighted by molar-refractivity contribution is 5.99. The van der Waals surface area contributed by atoms with Crippen molar-refractivity contribution in [2.75, 3.05) is 10.6 Å². The summed E-state index contributed by atoms with van der Waals surface area (Å²) < 4.78 is 28.8.